The first-order valence-corrected chi connectivity index (χ1v) is 10.5. The summed E-state index contributed by atoms with van der Waals surface area (Å²) in [6.07, 6.45) is 0.370. The Morgan fingerprint density at radius 1 is 1.23 bits per heavy atom. The molecule has 184 valence electrons. The minimum atomic E-state index is -1.65. The quantitative estimate of drug-likeness (QED) is 0.495. The third-order valence-corrected chi connectivity index (χ3v) is 5.48. The van der Waals surface area contributed by atoms with Gasteiger partial charge < -0.3 is 20.5 Å². The third-order valence-electron chi connectivity index (χ3n) is 5.48. The van der Waals surface area contributed by atoms with Crippen molar-refractivity contribution in [2.75, 3.05) is 29.9 Å². The van der Waals surface area contributed by atoms with Crippen LogP contribution in [0.5, 0.6) is 0 Å². The van der Waals surface area contributed by atoms with Crippen molar-refractivity contribution in [1.29, 1.82) is 0 Å². The van der Waals surface area contributed by atoms with E-state index in [4.69, 9.17) is 10.5 Å². The van der Waals surface area contributed by atoms with E-state index >= 15 is 0 Å². The Labute approximate surface area is 195 Å². The number of carboxylic acids is 1. The van der Waals surface area contributed by atoms with Gasteiger partial charge in [-0.25, -0.2) is 27.7 Å². The number of pyridine rings is 2. The van der Waals surface area contributed by atoms with E-state index in [1.54, 1.807) is 4.90 Å². The van der Waals surface area contributed by atoms with Crippen LogP contribution in [-0.2, 0) is 4.74 Å². The molecule has 13 heteroatoms. The average molecular weight is 491 g/mol. The van der Waals surface area contributed by atoms with Gasteiger partial charge in [-0.05, 0) is 25.5 Å². The molecule has 1 saturated heterocycles. The number of hydrogen-bond donors (Lipinski definition) is 3. The molecule has 3 aromatic rings. The topological polar surface area (TPSA) is 140 Å². The second-order valence-electron chi connectivity index (χ2n) is 7.84. The van der Waals surface area contributed by atoms with E-state index in [9.17, 15) is 32.7 Å². The van der Waals surface area contributed by atoms with Crippen molar-refractivity contribution in [3.05, 3.63) is 57.6 Å². The molecule has 0 aliphatic carbocycles. The lowest BCUT2D eigenvalue weighted by molar-refractivity contribution is 0.0695. The SMILES string of the molecule is CCOC(=O)Nc1cc(-n2cc(C(=O)O)c(=O)c3cc(F)c(N4CC[C@H](N)C4)nc32)c(F)cc1F. The van der Waals surface area contributed by atoms with Crippen LogP contribution in [0.1, 0.15) is 23.7 Å². The van der Waals surface area contributed by atoms with Crippen molar-refractivity contribution in [1.82, 2.24) is 9.55 Å². The molecule has 1 aliphatic heterocycles. The van der Waals surface area contributed by atoms with Crippen molar-refractivity contribution in [3.63, 3.8) is 0 Å². The lowest BCUT2D eigenvalue weighted by atomic mass is 10.1. The van der Waals surface area contributed by atoms with Crippen molar-refractivity contribution in [3.8, 4) is 5.69 Å². The van der Waals surface area contributed by atoms with Crippen LogP contribution < -0.4 is 21.4 Å². The molecule has 0 radical (unpaired) electrons. The lowest BCUT2D eigenvalue weighted by Gasteiger charge is -2.20. The molecular weight excluding hydrogens is 471 g/mol. The summed E-state index contributed by atoms with van der Waals surface area (Å²) in [5, 5.41) is 11.2. The number of carbonyl (C=O) groups is 2. The van der Waals surface area contributed by atoms with Crippen LogP contribution in [0.15, 0.2) is 29.2 Å². The summed E-state index contributed by atoms with van der Waals surface area (Å²) >= 11 is 0. The number of nitrogens with one attached hydrogen (secondary N) is 1. The molecule has 1 fully saturated rings. The zero-order chi connectivity index (χ0) is 25.4. The highest BCUT2D eigenvalue weighted by Gasteiger charge is 2.26. The number of nitrogens with zero attached hydrogens (tertiary/aromatic N) is 3. The number of carbonyl (C=O) groups excluding carboxylic acids is 1. The molecule has 1 aliphatic rings. The predicted molar refractivity (Wildman–Crippen MR) is 120 cm³/mol. The molecule has 10 nitrogen and oxygen atoms in total. The first kappa shape index (κ1) is 24.0. The van der Waals surface area contributed by atoms with Crippen molar-refractivity contribution >= 4 is 34.6 Å². The molecular formula is C22H20F3N5O5. The van der Waals surface area contributed by atoms with Crippen LogP contribution in [0.3, 0.4) is 0 Å². The lowest BCUT2D eigenvalue weighted by Crippen LogP contribution is -2.28. The van der Waals surface area contributed by atoms with Crippen LogP contribution in [0, 0.1) is 17.5 Å². The fraction of sp³-hybridized carbons (Fsp3) is 0.273. The first-order valence-electron chi connectivity index (χ1n) is 10.5. The minimum absolute atomic E-state index is 0.00769. The maximum atomic E-state index is 14.9. The Bertz CT molecular complexity index is 1410. The Kier molecular flexibility index (Phi) is 6.35. The van der Waals surface area contributed by atoms with Crippen molar-refractivity contribution in [2.24, 2.45) is 5.73 Å². The number of rotatable bonds is 5. The van der Waals surface area contributed by atoms with Gasteiger partial charge in [0.05, 0.1) is 23.4 Å². The van der Waals surface area contributed by atoms with Gasteiger partial charge in [-0.2, -0.15) is 0 Å². The highest BCUT2D eigenvalue weighted by atomic mass is 19.1. The molecule has 0 saturated carbocycles. The molecule has 3 heterocycles. The van der Waals surface area contributed by atoms with E-state index in [0.717, 1.165) is 22.9 Å². The number of anilines is 2. The summed E-state index contributed by atoms with van der Waals surface area (Å²) in [6, 6.07) is 1.94. The fourth-order valence-electron chi connectivity index (χ4n) is 3.85. The van der Waals surface area contributed by atoms with E-state index in [0.29, 0.717) is 19.0 Å². The van der Waals surface area contributed by atoms with Gasteiger partial charge in [0, 0.05) is 31.4 Å². The average Bonchev–Trinajstić information content (AvgIpc) is 3.22. The highest BCUT2D eigenvalue weighted by molar-refractivity contribution is 5.93. The number of benzene rings is 1. The molecule has 1 amide bonds. The van der Waals surface area contributed by atoms with Crippen LogP contribution in [0.2, 0.25) is 0 Å². The summed E-state index contributed by atoms with van der Waals surface area (Å²) in [7, 11) is 0. The second-order valence-corrected chi connectivity index (χ2v) is 7.84. The van der Waals surface area contributed by atoms with E-state index in [1.165, 1.54) is 6.92 Å². The smallest absolute Gasteiger partial charge is 0.411 e. The fourth-order valence-corrected chi connectivity index (χ4v) is 3.85. The van der Waals surface area contributed by atoms with Crippen molar-refractivity contribution in [2.45, 2.75) is 19.4 Å². The standard InChI is InChI=1S/C22H20F3N5O5/c1-2-35-22(34)27-16-7-17(14(24)6-13(16)23)30-9-12(21(32)33)18(31)11-5-15(25)20(28-19(11)30)29-4-3-10(26)8-29/h5-7,9-10H,2-4,8,26H2,1H3,(H,27,34)(H,32,33)/t10-/m0/s1. The molecule has 0 unspecified atom stereocenters. The highest BCUT2D eigenvalue weighted by Crippen LogP contribution is 2.28. The first-order chi connectivity index (χ1) is 16.6. The zero-order valence-corrected chi connectivity index (χ0v) is 18.3. The molecule has 2 aromatic heterocycles. The van der Waals surface area contributed by atoms with E-state index < -0.39 is 57.3 Å². The number of amides is 1. The van der Waals surface area contributed by atoms with Gasteiger partial charge >= 0.3 is 12.1 Å². The number of fused-ring (bicyclic) bond motifs is 1. The van der Waals surface area contributed by atoms with E-state index in [1.807, 2.05) is 0 Å². The molecule has 0 spiro atoms. The maximum Gasteiger partial charge on any atom is 0.411 e. The number of hydrogen-bond acceptors (Lipinski definition) is 7. The molecule has 1 atom stereocenters. The Hall–Kier alpha value is -4.13. The van der Waals surface area contributed by atoms with Crippen molar-refractivity contribution < 1.29 is 32.6 Å². The van der Waals surface area contributed by atoms with Gasteiger partial charge in [0.2, 0.25) is 5.43 Å². The third kappa shape index (κ3) is 4.49. The number of aromatic nitrogens is 2. The molecule has 4 N–H and O–H groups in total. The van der Waals surface area contributed by atoms with Crippen LogP contribution in [0.4, 0.5) is 29.5 Å². The number of ether oxygens (including phenoxy) is 1. The summed E-state index contributed by atoms with van der Waals surface area (Å²) in [4.78, 5) is 42.0. The number of nitrogens with two attached hydrogens (primary N) is 1. The summed E-state index contributed by atoms with van der Waals surface area (Å²) < 4.78 is 49.8. The summed E-state index contributed by atoms with van der Waals surface area (Å²) in [6.45, 7) is 2.19. The van der Waals surface area contributed by atoms with Gasteiger partial charge in [0.1, 0.15) is 17.2 Å². The zero-order valence-electron chi connectivity index (χ0n) is 18.3. The largest absolute Gasteiger partial charge is 0.477 e. The van der Waals surface area contributed by atoms with Gasteiger partial charge in [0.15, 0.2) is 17.3 Å². The maximum absolute atomic E-state index is 14.9. The Balaban J connectivity index is 1.98. The Morgan fingerprint density at radius 3 is 2.60 bits per heavy atom. The number of halogens is 3. The van der Waals surface area contributed by atoms with Gasteiger partial charge in [-0.3, -0.25) is 14.7 Å². The number of aromatic carboxylic acids is 1. The summed E-state index contributed by atoms with van der Waals surface area (Å²) in [5.41, 5.74) is 2.87. The molecule has 0 bridgehead atoms. The second kappa shape index (κ2) is 9.25. The normalized spacial score (nSPS) is 15.5. The monoisotopic (exact) mass is 491 g/mol. The summed E-state index contributed by atoms with van der Waals surface area (Å²) in [5.74, 6) is -4.98. The molecule has 35 heavy (non-hydrogen) atoms. The van der Waals surface area contributed by atoms with E-state index in [-0.39, 0.29) is 30.7 Å². The van der Waals surface area contributed by atoms with E-state index in [2.05, 4.69) is 10.3 Å². The van der Waals surface area contributed by atoms with Crippen LogP contribution >= 0.6 is 0 Å². The van der Waals surface area contributed by atoms with Gasteiger partial charge in [0.25, 0.3) is 0 Å². The Morgan fingerprint density at radius 2 is 1.97 bits per heavy atom. The molecule has 4 rings (SSSR count). The molecule has 1 aromatic carbocycles. The minimum Gasteiger partial charge on any atom is -0.477 e. The number of carboxylic acid groups (broad SMARTS) is 1. The van der Waals surface area contributed by atoms with Gasteiger partial charge in [-0.15, -0.1) is 0 Å². The predicted octanol–water partition coefficient (Wildman–Crippen LogP) is 2.61. The van der Waals surface area contributed by atoms with Crippen LogP contribution in [0.25, 0.3) is 16.7 Å². The van der Waals surface area contributed by atoms with Crippen LogP contribution in [-0.4, -0.2) is 52.5 Å². The van der Waals surface area contributed by atoms with Gasteiger partial charge in [-0.1, -0.05) is 0 Å².